The van der Waals surface area contributed by atoms with Crippen LogP contribution in [0.15, 0.2) is 35.5 Å². The zero-order valence-electron chi connectivity index (χ0n) is 13.3. The molecule has 126 valence electrons. The lowest BCUT2D eigenvalue weighted by Gasteiger charge is -2.27. The summed E-state index contributed by atoms with van der Waals surface area (Å²) < 4.78 is 11.7. The first-order valence-corrected chi connectivity index (χ1v) is 7.32. The number of benzene rings is 1. The molecule has 0 spiro atoms. The molecule has 1 aliphatic rings. The van der Waals surface area contributed by atoms with Crippen molar-refractivity contribution in [3.05, 3.63) is 41.1 Å². The fraction of sp³-hybridized carbons (Fsp3) is 0.333. The van der Waals surface area contributed by atoms with Crippen molar-refractivity contribution in [1.82, 2.24) is 20.2 Å². The van der Waals surface area contributed by atoms with Crippen LogP contribution in [0.1, 0.15) is 18.5 Å². The Labute approximate surface area is 137 Å². The number of aromatic nitrogens is 4. The average Bonchev–Trinajstić information content (AvgIpc) is 3.02. The second-order valence-corrected chi connectivity index (χ2v) is 5.23. The molecule has 24 heavy (non-hydrogen) atoms. The summed E-state index contributed by atoms with van der Waals surface area (Å²) in [4.78, 5) is 12.6. The van der Waals surface area contributed by atoms with Crippen molar-refractivity contribution in [1.29, 1.82) is 0 Å². The molecule has 0 aliphatic carbocycles. The highest BCUT2D eigenvalue weighted by Gasteiger charge is 2.34. The number of tetrazole rings is 1. The Balaban J connectivity index is 2.00. The second kappa shape index (κ2) is 6.67. The fourth-order valence-corrected chi connectivity index (χ4v) is 2.54. The minimum absolute atomic E-state index is 0.134. The van der Waals surface area contributed by atoms with E-state index in [0.29, 0.717) is 23.8 Å². The third-order valence-corrected chi connectivity index (χ3v) is 3.66. The van der Waals surface area contributed by atoms with Crippen LogP contribution in [0.5, 0.6) is 5.75 Å². The van der Waals surface area contributed by atoms with Crippen molar-refractivity contribution in [2.45, 2.75) is 13.0 Å². The Morgan fingerprint density at radius 3 is 2.79 bits per heavy atom. The van der Waals surface area contributed by atoms with E-state index in [1.54, 1.807) is 31.2 Å². The zero-order chi connectivity index (χ0) is 17.1. The topological polar surface area (TPSA) is 111 Å². The van der Waals surface area contributed by atoms with Gasteiger partial charge in [0.15, 0.2) is 0 Å². The number of aromatic hydroxyl groups is 1. The lowest BCUT2D eigenvalue weighted by atomic mass is 9.96. The number of carbonyl (C=O) groups is 1. The molecule has 0 fully saturated rings. The molecular formula is C15H17N5O4. The summed E-state index contributed by atoms with van der Waals surface area (Å²) in [5, 5.41) is 24.0. The van der Waals surface area contributed by atoms with Gasteiger partial charge in [-0.25, -0.2) is 4.79 Å². The normalized spacial score (nSPS) is 16.5. The first kappa shape index (κ1) is 15.9. The minimum atomic E-state index is -0.549. The molecule has 0 unspecified atom stereocenters. The number of phenols is 1. The number of phenolic OH excluding ortho intramolecular Hbond substituents is 1. The third-order valence-electron chi connectivity index (χ3n) is 3.66. The van der Waals surface area contributed by atoms with Crippen LogP contribution in [0, 0.1) is 0 Å². The Kier molecular flexibility index (Phi) is 4.43. The molecule has 2 N–H and O–H groups in total. The van der Waals surface area contributed by atoms with E-state index in [1.807, 2.05) is 0 Å². The van der Waals surface area contributed by atoms with E-state index in [9.17, 15) is 9.90 Å². The zero-order valence-corrected chi connectivity index (χ0v) is 13.3. The molecule has 9 heteroatoms. The van der Waals surface area contributed by atoms with Crippen LogP contribution in [0.2, 0.25) is 0 Å². The molecule has 3 rings (SSSR count). The van der Waals surface area contributed by atoms with Gasteiger partial charge in [-0.05, 0) is 35.0 Å². The molecule has 0 bridgehead atoms. The smallest absolute Gasteiger partial charge is 0.338 e. The van der Waals surface area contributed by atoms with Crippen LogP contribution >= 0.6 is 0 Å². The largest absolute Gasteiger partial charge is 0.508 e. The van der Waals surface area contributed by atoms with E-state index in [2.05, 4.69) is 20.8 Å². The van der Waals surface area contributed by atoms with Crippen LogP contribution in [0.25, 0.3) is 0 Å². The first-order valence-electron chi connectivity index (χ1n) is 7.32. The van der Waals surface area contributed by atoms with E-state index in [4.69, 9.17) is 9.47 Å². The van der Waals surface area contributed by atoms with Crippen LogP contribution in [-0.4, -0.2) is 51.6 Å². The molecule has 0 amide bonds. The van der Waals surface area contributed by atoms with Gasteiger partial charge < -0.3 is 19.9 Å². The summed E-state index contributed by atoms with van der Waals surface area (Å²) >= 11 is 0. The van der Waals surface area contributed by atoms with Gasteiger partial charge in [-0.2, -0.15) is 4.68 Å². The standard InChI is InChI=1S/C15H17N5O4/c1-9-12(14(22)24-8-7-23-2)13(10-3-5-11(21)6-4-10)20-15(16-9)17-18-19-20/h3-6,13,21H,7-8H2,1-2H3,(H,16,17,19)/t13-/m0/s1. The van der Waals surface area contributed by atoms with Gasteiger partial charge in [-0.3, -0.25) is 0 Å². The van der Waals surface area contributed by atoms with Crippen molar-refractivity contribution < 1.29 is 19.4 Å². The van der Waals surface area contributed by atoms with Crippen LogP contribution in [0.4, 0.5) is 5.95 Å². The van der Waals surface area contributed by atoms with Crippen molar-refractivity contribution in [3.63, 3.8) is 0 Å². The maximum absolute atomic E-state index is 12.6. The molecule has 0 radical (unpaired) electrons. The maximum atomic E-state index is 12.6. The molecule has 0 saturated heterocycles. The summed E-state index contributed by atoms with van der Waals surface area (Å²) in [7, 11) is 1.53. The number of carbonyl (C=O) groups excluding carboxylic acids is 1. The lowest BCUT2D eigenvalue weighted by molar-refractivity contribution is -0.140. The van der Waals surface area contributed by atoms with Crippen LogP contribution < -0.4 is 5.32 Å². The van der Waals surface area contributed by atoms with E-state index in [0.717, 1.165) is 5.56 Å². The number of nitrogens with zero attached hydrogens (tertiary/aromatic N) is 4. The van der Waals surface area contributed by atoms with Gasteiger partial charge in [-0.1, -0.05) is 17.2 Å². The molecular weight excluding hydrogens is 314 g/mol. The van der Waals surface area contributed by atoms with E-state index in [1.165, 1.54) is 11.8 Å². The lowest BCUT2D eigenvalue weighted by Crippen LogP contribution is -2.30. The van der Waals surface area contributed by atoms with Gasteiger partial charge in [0.2, 0.25) is 5.95 Å². The summed E-state index contributed by atoms with van der Waals surface area (Å²) in [5.41, 5.74) is 1.76. The number of ether oxygens (including phenoxy) is 2. The SMILES string of the molecule is COCCOC(=O)C1=C(C)Nc2nnnn2[C@H]1c1ccc(O)cc1. The highest BCUT2D eigenvalue weighted by Crippen LogP contribution is 2.35. The molecule has 1 aliphatic heterocycles. The number of fused-ring (bicyclic) bond motifs is 1. The summed E-state index contributed by atoms with van der Waals surface area (Å²) in [6.07, 6.45) is 0. The molecule has 1 atom stereocenters. The van der Waals surface area contributed by atoms with Crippen molar-refractivity contribution in [2.24, 2.45) is 0 Å². The van der Waals surface area contributed by atoms with Crippen molar-refractivity contribution >= 4 is 11.9 Å². The Hall–Kier alpha value is -2.94. The third kappa shape index (κ3) is 2.93. The molecule has 1 aromatic carbocycles. The number of hydrogen-bond donors (Lipinski definition) is 2. The van der Waals surface area contributed by atoms with Crippen LogP contribution in [-0.2, 0) is 14.3 Å². The van der Waals surface area contributed by atoms with E-state index >= 15 is 0 Å². The Bertz CT molecular complexity index is 768. The summed E-state index contributed by atoms with van der Waals surface area (Å²) in [6.45, 7) is 2.22. The van der Waals surface area contributed by atoms with Gasteiger partial charge in [0.05, 0.1) is 12.2 Å². The van der Waals surface area contributed by atoms with Gasteiger partial charge in [0.1, 0.15) is 18.4 Å². The number of esters is 1. The quantitative estimate of drug-likeness (QED) is 0.613. The Morgan fingerprint density at radius 2 is 2.08 bits per heavy atom. The summed E-state index contributed by atoms with van der Waals surface area (Å²) in [5.74, 6) is 0.0878. The number of nitrogens with one attached hydrogen (secondary N) is 1. The molecule has 9 nitrogen and oxygen atoms in total. The first-order chi connectivity index (χ1) is 11.6. The van der Waals surface area contributed by atoms with Crippen molar-refractivity contribution in [3.8, 4) is 5.75 Å². The van der Waals surface area contributed by atoms with Gasteiger partial charge in [0, 0.05) is 12.8 Å². The molecule has 2 aromatic rings. The van der Waals surface area contributed by atoms with E-state index < -0.39 is 12.0 Å². The molecule has 1 aromatic heterocycles. The second-order valence-electron chi connectivity index (χ2n) is 5.23. The minimum Gasteiger partial charge on any atom is -0.508 e. The van der Waals surface area contributed by atoms with Crippen molar-refractivity contribution in [2.75, 3.05) is 25.6 Å². The Morgan fingerprint density at radius 1 is 1.33 bits per heavy atom. The monoisotopic (exact) mass is 331 g/mol. The number of allylic oxidation sites excluding steroid dienone is 1. The molecule has 2 heterocycles. The fourth-order valence-electron chi connectivity index (χ4n) is 2.54. The van der Waals surface area contributed by atoms with Gasteiger partial charge in [-0.15, -0.1) is 0 Å². The number of methoxy groups -OCH3 is 1. The maximum Gasteiger partial charge on any atom is 0.338 e. The summed E-state index contributed by atoms with van der Waals surface area (Å²) in [6, 6.07) is 5.97. The number of rotatable bonds is 5. The van der Waals surface area contributed by atoms with Crippen LogP contribution in [0.3, 0.4) is 0 Å². The van der Waals surface area contributed by atoms with E-state index in [-0.39, 0.29) is 12.4 Å². The highest BCUT2D eigenvalue weighted by atomic mass is 16.6. The number of hydrogen-bond acceptors (Lipinski definition) is 8. The number of anilines is 1. The molecule has 0 saturated carbocycles. The average molecular weight is 331 g/mol. The van der Waals surface area contributed by atoms with Gasteiger partial charge in [0.25, 0.3) is 0 Å². The van der Waals surface area contributed by atoms with Gasteiger partial charge >= 0.3 is 5.97 Å². The highest BCUT2D eigenvalue weighted by molar-refractivity contribution is 5.92. The predicted octanol–water partition coefficient (Wildman–Crippen LogP) is 0.857. The predicted molar refractivity (Wildman–Crippen MR) is 83.2 cm³/mol.